The maximum Gasteiger partial charge on any atom is 0.344 e. The molecule has 0 radical (unpaired) electrons. The van der Waals surface area contributed by atoms with E-state index in [9.17, 15) is 161 Å². The van der Waals surface area contributed by atoms with Gasteiger partial charge in [0.1, 0.15) is 37.1 Å². The van der Waals surface area contributed by atoms with E-state index in [1.165, 1.54) is 0 Å². The number of fused-ring (bicyclic) bond motifs is 8. The summed E-state index contributed by atoms with van der Waals surface area (Å²) in [5.74, 6) is -51.6. The van der Waals surface area contributed by atoms with Crippen LogP contribution in [0.3, 0.4) is 0 Å². The Labute approximate surface area is 616 Å². The maximum atomic E-state index is 15.2. The Morgan fingerprint density at radius 3 is 1.05 bits per heavy atom. The monoisotopic (exact) mass is 1570 g/mol. The van der Waals surface area contributed by atoms with Gasteiger partial charge in [0.2, 0.25) is 46.9 Å². The minimum Gasteiger partial charge on any atom is -0.504 e. The average Bonchev–Trinajstić information content (AvgIpc) is 1.11. The first-order valence-electron chi connectivity index (χ1n) is 31.1. The highest BCUT2D eigenvalue weighted by Crippen LogP contribution is 2.58. The SMILES string of the molecule is O=C(OC1C(OC(=O)c2cc(O)c(O)c(O)c2Oc2cc3c(c(O)c2O)-c2c(cc(O)c(O)c2O)C(=O)OC2C(COC3=O)OC(O)C(O)C2OC(=O)c2cc(O)c(O)c(O)c2)OC2COC(=O)c3cc(O)c(O)c(O)c3-c3c(cc(O)c(O)c3O)C(=O)OC2C1OC(=O)c1cc(O)c(O)c(O)c1)c1cc(O)c(O)c(O)c1. The number of aliphatic hydroxyl groups is 2. The molecule has 0 aliphatic carbocycles. The van der Waals surface area contributed by atoms with E-state index in [-0.39, 0.29) is 18.2 Å². The molecule has 4 aliphatic heterocycles. The number of ether oxygens (including phenoxy) is 11. The van der Waals surface area contributed by atoms with Gasteiger partial charge in [-0.25, -0.2) is 38.4 Å². The Kier molecular flexibility index (Phi) is 19.3. The van der Waals surface area contributed by atoms with Crippen molar-refractivity contribution in [2.24, 2.45) is 0 Å². The fourth-order valence-corrected chi connectivity index (χ4v) is 11.9. The van der Waals surface area contributed by atoms with Gasteiger partial charge in [0.25, 0.3) is 0 Å². The molecule has 0 amide bonds. The van der Waals surface area contributed by atoms with Crippen molar-refractivity contribution in [3.05, 3.63) is 111 Å². The third-order valence-corrected chi connectivity index (χ3v) is 17.4. The summed E-state index contributed by atoms with van der Waals surface area (Å²) in [5.41, 5.74) is -14.5. The number of rotatable bonds is 10. The number of aliphatic hydroxyl groups excluding tert-OH is 2. The van der Waals surface area contributed by atoms with E-state index in [2.05, 4.69) is 0 Å². The molecule has 10 unspecified atom stereocenters. The van der Waals surface area contributed by atoms with E-state index in [0.29, 0.717) is 48.5 Å². The van der Waals surface area contributed by atoms with Gasteiger partial charge < -0.3 is 180 Å². The molecule has 25 N–H and O–H groups in total. The molecule has 2 saturated heterocycles. The van der Waals surface area contributed by atoms with Gasteiger partial charge in [-0.2, -0.15) is 0 Å². The summed E-state index contributed by atoms with van der Waals surface area (Å²) in [6.07, 6.45) is -26.0. The van der Waals surface area contributed by atoms with Gasteiger partial charge in [0.05, 0.1) is 38.9 Å². The van der Waals surface area contributed by atoms with Gasteiger partial charge in [-0.05, 0) is 54.6 Å². The van der Waals surface area contributed by atoms with E-state index >= 15 is 4.79 Å². The maximum absolute atomic E-state index is 15.2. The van der Waals surface area contributed by atoms with Crippen LogP contribution in [0.1, 0.15) is 82.9 Å². The number of phenols is 23. The first-order chi connectivity index (χ1) is 52.7. The van der Waals surface area contributed by atoms with Gasteiger partial charge in [-0.3, -0.25) is 0 Å². The van der Waals surface area contributed by atoms with Gasteiger partial charge in [0.15, 0.2) is 140 Å². The smallest absolute Gasteiger partial charge is 0.344 e. The zero-order chi connectivity index (χ0) is 81.7. The van der Waals surface area contributed by atoms with Crippen molar-refractivity contribution >= 4 is 47.8 Å². The van der Waals surface area contributed by atoms with Crippen LogP contribution in [-0.4, -0.2) is 250 Å². The summed E-state index contributed by atoms with van der Waals surface area (Å²) in [7, 11) is 0. The van der Waals surface area contributed by atoms with E-state index in [4.69, 9.17) is 52.1 Å². The van der Waals surface area contributed by atoms with Crippen LogP contribution in [-0.2, 0) is 47.4 Å². The molecule has 44 heteroatoms. The second kappa shape index (κ2) is 28.4. The van der Waals surface area contributed by atoms with E-state index < -0.39 is 333 Å². The van der Waals surface area contributed by atoms with Gasteiger partial charge in [0, 0.05) is 34.4 Å². The molecular formula is C68H50O44. The second-order valence-corrected chi connectivity index (χ2v) is 24.3. The number of phenolic OH excluding ortho intramolecular Hbond substituents is 23. The molecule has 8 aromatic carbocycles. The molecule has 112 heavy (non-hydrogen) atoms. The third-order valence-electron chi connectivity index (χ3n) is 17.4. The molecule has 4 aliphatic rings. The predicted octanol–water partition coefficient (Wildman–Crippen LogP) is 1.77. The molecule has 44 nitrogen and oxygen atoms in total. The number of cyclic esters (lactones) is 2. The minimum absolute atomic E-state index is 0.138. The number of carbonyl (C=O) groups is 8. The van der Waals surface area contributed by atoms with Crippen LogP contribution in [0.2, 0.25) is 0 Å². The van der Waals surface area contributed by atoms with Gasteiger partial charge >= 0.3 is 47.8 Å². The fraction of sp³-hybridized carbons (Fsp3) is 0.176. The Morgan fingerprint density at radius 2 is 0.643 bits per heavy atom. The van der Waals surface area contributed by atoms with E-state index in [1.54, 1.807) is 0 Å². The molecule has 12 rings (SSSR count). The van der Waals surface area contributed by atoms with E-state index in [1.807, 2.05) is 0 Å². The molecule has 4 heterocycles. The number of carbonyl (C=O) groups excluding carboxylic acids is 8. The van der Waals surface area contributed by atoms with Crippen molar-refractivity contribution in [1.29, 1.82) is 0 Å². The molecule has 2 fully saturated rings. The predicted molar refractivity (Wildman–Crippen MR) is 345 cm³/mol. The van der Waals surface area contributed by atoms with Crippen molar-refractivity contribution in [2.75, 3.05) is 13.2 Å². The highest BCUT2D eigenvalue weighted by molar-refractivity contribution is 6.10. The minimum atomic E-state index is -3.04. The zero-order valence-electron chi connectivity index (χ0n) is 55.0. The Morgan fingerprint density at radius 1 is 0.321 bits per heavy atom. The normalized spacial score (nSPS) is 20.7. The number of hydrogen-bond acceptors (Lipinski definition) is 44. The van der Waals surface area contributed by atoms with Crippen molar-refractivity contribution in [2.45, 2.75) is 61.4 Å². The van der Waals surface area contributed by atoms with Crippen molar-refractivity contribution in [1.82, 2.24) is 0 Å². The van der Waals surface area contributed by atoms with Crippen molar-refractivity contribution < 1.29 is 218 Å². The summed E-state index contributed by atoms with van der Waals surface area (Å²) in [4.78, 5) is 116. The van der Waals surface area contributed by atoms with Crippen LogP contribution in [0.4, 0.5) is 0 Å². The molecule has 0 aromatic heterocycles. The molecule has 8 aromatic rings. The second-order valence-electron chi connectivity index (χ2n) is 24.3. The largest absolute Gasteiger partial charge is 0.504 e. The summed E-state index contributed by atoms with van der Waals surface area (Å²) in [6.45, 7) is -2.90. The van der Waals surface area contributed by atoms with Crippen LogP contribution in [0, 0.1) is 0 Å². The van der Waals surface area contributed by atoms with Crippen LogP contribution in [0.15, 0.2) is 66.7 Å². The highest BCUT2D eigenvalue weighted by Gasteiger charge is 2.57. The molecule has 0 saturated carbocycles. The van der Waals surface area contributed by atoms with Crippen LogP contribution in [0.5, 0.6) is 144 Å². The topological polar surface area (TPSA) is 744 Å². The zero-order valence-corrected chi connectivity index (χ0v) is 55.0. The van der Waals surface area contributed by atoms with Gasteiger partial charge in [-0.15, -0.1) is 0 Å². The quantitative estimate of drug-likeness (QED) is 0.0527. The van der Waals surface area contributed by atoms with E-state index in [0.717, 1.165) is 0 Å². The Hall–Kier alpha value is -15.4. The van der Waals surface area contributed by atoms with Crippen LogP contribution < -0.4 is 4.74 Å². The van der Waals surface area contributed by atoms with Crippen molar-refractivity contribution in [3.8, 4) is 166 Å². The number of aromatic hydroxyl groups is 23. The first kappa shape index (κ1) is 76.2. The summed E-state index contributed by atoms with van der Waals surface area (Å²) >= 11 is 0. The molecule has 0 bridgehead atoms. The number of benzene rings is 8. The highest BCUT2D eigenvalue weighted by atomic mass is 16.8. The lowest BCUT2D eigenvalue weighted by Crippen LogP contribution is -2.63. The van der Waals surface area contributed by atoms with Crippen molar-refractivity contribution in [3.63, 3.8) is 0 Å². The Balaban J connectivity index is 0.983. The molecular weight excluding hydrogens is 1520 g/mol. The lowest BCUT2D eigenvalue weighted by molar-refractivity contribution is -0.285. The summed E-state index contributed by atoms with van der Waals surface area (Å²) in [6, 6.07) is 4.01. The molecule has 10 atom stereocenters. The molecule has 0 spiro atoms. The van der Waals surface area contributed by atoms with Gasteiger partial charge in [-0.1, -0.05) is 0 Å². The fourth-order valence-electron chi connectivity index (χ4n) is 11.9. The number of esters is 8. The third kappa shape index (κ3) is 13.2. The van der Waals surface area contributed by atoms with Crippen LogP contribution >= 0.6 is 0 Å². The summed E-state index contributed by atoms with van der Waals surface area (Å²) < 4.78 is 61.5. The first-order valence-corrected chi connectivity index (χ1v) is 31.1. The number of hydrogen-bond donors (Lipinski definition) is 25. The van der Waals surface area contributed by atoms with Crippen LogP contribution in [0.25, 0.3) is 22.3 Å². The Bertz CT molecular complexity index is 5320. The standard InChI is InChI=1S/C68H50O44/c69-22-1-14(2-23(70)39(22)79)59(93)109-56-52(92)67(101)105-33-12-102-63(97)20-11-32(46(86)50(90)38(20)37-19(64(98)107-54(33)56)9-30(77)44(84)49(37)89)104-53-21(10-31(78)45(85)51(53)91)66(100)112-68-58(111-61(95)16-5-26(73)41(81)27(74)6-16)57(110-60(94)15-3-24(71)40(80)25(72)4-15)55-34(106-68)13-103-62(96)17-7-28(75)42(82)47(87)35(17)36-18(65(99)108-55)8-29(76)43(83)48(36)88/h1-11,33-34,52,54-58,67-92,101H,12-13H2. The summed E-state index contributed by atoms with van der Waals surface area (Å²) in [5, 5.41) is 271. The lowest BCUT2D eigenvalue weighted by atomic mass is 9.91. The molecule has 586 valence electrons. The lowest BCUT2D eigenvalue weighted by Gasteiger charge is -2.43. The average molecular weight is 1570 g/mol.